The quantitative estimate of drug-likeness (QED) is 0.281. The van der Waals surface area contributed by atoms with Crippen molar-refractivity contribution in [2.75, 3.05) is 0 Å². The van der Waals surface area contributed by atoms with E-state index >= 15 is 0 Å². The summed E-state index contributed by atoms with van der Waals surface area (Å²) in [6.45, 7) is 0. The number of hydrogen-bond donors (Lipinski definition) is 3. The molecule has 0 bridgehead atoms. The lowest BCUT2D eigenvalue weighted by Gasteiger charge is -2.55. The summed E-state index contributed by atoms with van der Waals surface area (Å²) in [5, 5.41) is 13.1. The zero-order chi connectivity index (χ0) is 31.6. The fraction of sp³-hybridized carbons (Fsp3) is 1.00. The van der Waals surface area contributed by atoms with Gasteiger partial charge >= 0.3 is 0 Å². The molecular weight excluding hydrogens is 590 g/mol. The molecule has 16 atom stereocenters. The van der Waals surface area contributed by atoms with Gasteiger partial charge in [0.25, 0.3) is 0 Å². The average molecular weight is 662 g/mol. The largest absolute Gasteiger partial charge is 0.374 e. The average Bonchev–Trinajstić information content (AvgIpc) is 3.72. The Morgan fingerprint density at radius 3 is 1.65 bits per heavy atom. The molecule has 3 N–H and O–H groups in total. The molecule has 0 aromatic carbocycles. The normalized spacial score (nSPS) is 53.2. The van der Waals surface area contributed by atoms with Gasteiger partial charge in [-0.3, -0.25) is 16.0 Å². The second kappa shape index (κ2) is 14.0. The highest BCUT2D eigenvalue weighted by Crippen LogP contribution is 2.59. The van der Waals surface area contributed by atoms with Crippen molar-refractivity contribution >= 4 is 0 Å². The van der Waals surface area contributed by atoms with Crippen molar-refractivity contribution in [3.63, 3.8) is 0 Å². The van der Waals surface area contributed by atoms with Gasteiger partial charge in [0.2, 0.25) is 0 Å². The first-order chi connectivity index (χ1) is 23.8. The molecule has 3 aliphatic heterocycles. The third kappa shape index (κ3) is 6.00. The number of rotatable bonds is 4. The number of fused-ring (bicyclic) bond motifs is 8. The van der Waals surface area contributed by atoms with Gasteiger partial charge in [-0.15, -0.1) is 0 Å². The molecular formula is C43H71N3O2. The molecule has 0 aromatic rings. The SMILES string of the molecule is C1CCC(C2CCC3C(C2)OC2CC(C4NC(C5CCCCC5)NC(C5CCC6C(C5)OC5CCCCC56)N4)C4CCCCC4C23)CC1. The molecule has 0 radical (unpaired) electrons. The van der Waals surface area contributed by atoms with E-state index in [0.717, 1.165) is 53.3 Å². The van der Waals surface area contributed by atoms with E-state index in [2.05, 4.69) is 16.0 Å². The minimum atomic E-state index is 0.429. The zero-order valence-electron chi connectivity index (χ0n) is 30.4. The minimum absolute atomic E-state index is 0.429. The second-order valence-corrected chi connectivity index (χ2v) is 19.7. The maximum absolute atomic E-state index is 7.35. The first kappa shape index (κ1) is 32.5. The van der Waals surface area contributed by atoms with E-state index in [9.17, 15) is 0 Å². The third-order valence-corrected chi connectivity index (χ3v) is 17.5. The zero-order valence-corrected chi connectivity index (χ0v) is 30.4. The van der Waals surface area contributed by atoms with Crippen LogP contribution in [-0.4, -0.2) is 42.9 Å². The molecule has 270 valence electrons. The van der Waals surface area contributed by atoms with Crippen LogP contribution in [0.2, 0.25) is 0 Å². The lowest BCUT2D eigenvalue weighted by Crippen LogP contribution is -2.74. The molecule has 5 heteroatoms. The van der Waals surface area contributed by atoms with E-state index in [-0.39, 0.29) is 0 Å². The van der Waals surface area contributed by atoms with Crippen LogP contribution < -0.4 is 16.0 Å². The van der Waals surface area contributed by atoms with Crippen LogP contribution in [0.15, 0.2) is 0 Å². The van der Waals surface area contributed by atoms with Gasteiger partial charge in [-0.1, -0.05) is 77.0 Å². The van der Waals surface area contributed by atoms with Gasteiger partial charge in [0, 0.05) is 0 Å². The predicted octanol–water partition coefficient (Wildman–Crippen LogP) is 8.91. The van der Waals surface area contributed by atoms with Gasteiger partial charge in [0.05, 0.1) is 42.9 Å². The fourth-order valence-electron chi connectivity index (χ4n) is 15.4. The van der Waals surface area contributed by atoms with Gasteiger partial charge in [-0.05, 0) is 149 Å². The van der Waals surface area contributed by atoms with E-state index in [0.29, 0.717) is 54.7 Å². The van der Waals surface area contributed by atoms with Crippen molar-refractivity contribution in [1.29, 1.82) is 0 Å². The second-order valence-electron chi connectivity index (χ2n) is 19.7. The molecule has 48 heavy (non-hydrogen) atoms. The monoisotopic (exact) mass is 662 g/mol. The summed E-state index contributed by atoms with van der Waals surface area (Å²) in [6.07, 6.45) is 39.3. The summed E-state index contributed by atoms with van der Waals surface area (Å²) in [4.78, 5) is 0. The molecule has 0 amide bonds. The van der Waals surface area contributed by atoms with Crippen LogP contribution in [0.4, 0.5) is 0 Å². The maximum atomic E-state index is 7.35. The van der Waals surface area contributed by atoms with Crippen molar-refractivity contribution in [1.82, 2.24) is 16.0 Å². The van der Waals surface area contributed by atoms with Crippen LogP contribution >= 0.6 is 0 Å². The van der Waals surface area contributed by atoms with Gasteiger partial charge in [0.1, 0.15) is 0 Å². The van der Waals surface area contributed by atoms with Crippen molar-refractivity contribution in [2.24, 2.45) is 65.1 Å². The molecule has 10 aliphatic rings. The molecule has 7 aliphatic carbocycles. The Bertz CT molecular complexity index is 1090. The number of hydrogen-bond acceptors (Lipinski definition) is 5. The molecule has 16 unspecified atom stereocenters. The third-order valence-electron chi connectivity index (χ3n) is 17.5. The number of ether oxygens (including phenoxy) is 2. The molecule has 10 rings (SSSR count). The van der Waals surface area contributed by atoms with Crippen LogP contribution in [0.1, 0.15) is 161 Å². The van der Waals surface area contributed by atoms with Crippen molar-refractivity contribution in [2.45, 2.75) is 203 Å². The summed E-state index contributed by atoms with van der Waals surface area (Å²) in [5.41, 5.74) is 0. The first-order valence-corrected chi connectivity index (χ1v) is 22.4. The Hall–Kier alpha value is -0.200. The van der Waals surface area contributed by atoms with Crippen molar-refractivity contribution in [3.05, 3.63) is 0 Å². The Labute approximate surface area is 293 Å². The number of nitrogens with one attached hydrogen (secondary N) is 3. The summed E-state index contributed by atoms with van der Waals surface area (Å²) in [7, 11) is 0. The lowest BCUT2D eigenvalue weighted by atomic mass is 9.55. The fourth-order valence-corrected chi connectivity index (χ4v) is 15.4. The molecule has 0 spiro atoms. The highest BCUT2D eigenvalue weighted by molar-refractivity contribution is 5.08. The standard InChI is InChI=1S/C43H71N3O2/c1-3-11-26(12-4-1)28-19-22-34-38(23-28)48-39-25-35(30-15-7-8-17-33(30)40(34)39)43-45-41(27-13-5-2-6-14-27)44-42(46-43)29-20-21-32-31-16-9-10-18-36(31)47-37(32)24-29/h26-46H,1-25H2. The summed E-state index contributed by atoms with van der Waals surface area (Å²) in [5.74, 6) is 9.37. The van der Waals surface area contributed by atoms with Gasteiger partial charge in [-0.2, -0.15) is 0 Å². The Kier molecular flexibility index (Phi) is 9.45. The molecule has 5 nitrogen and oxygen atoms in total. The van der Waals surface area contributed by atoms with E-state index < -0.39 is 0 Å². The Morgan fingerprint density at radius 2 is 0.833 bits per heavy atom. The van der Waals surface area contributed by atoms with Gasteiger partial charge in [-0.25, -0.2) is 0 Å². The van der Waals surface area contributed by atoms with Crippen molar-refractivity contribution in [3.8, 4) is 0 Å². The smallest absolute Gasteiger partial charge is 0.0628 e. The van der Waals surface area contributed by atoms with Crippen molar-refractivity contribution < 1.29 is 9.47 Å². The topological polar surface area (TPSA) is 54.5 Å². The lowest BCUT2D eigenvalue weighted by molar-refractivity contribution is -0.0749. The Morgan fingerprint density at radius 1 is 0.292 bits per heavy atom. The van der Waals surface area contributed by atoms with Crippen LogP contribution in [0.25, 0.3) is 0 Å². The molecule has 7 saturated carbocycles. The summed E-state index contributed by atoms with van der Waals surface area (Å²) >= 11 is 0. The first-order valence-electron chi connectivity index (χ1n) is 22.4. The van der Waals surface area contributed by atoms with E-state index in [1.165, 1.54) is 161 Å². The predicted molar refractivity (Wildman–Crippen MR) is 192 cm³/mol. The molecule has 0 aromatic heterocycles. The van der Waals surface area contributed by atoms with Crippen LogP contribution in [0.5, 0.6) is 0 Å². The Balaban J connectivity index is 0.877. The maximum Gasteiger partial charge on any atom is 0.0628 e. The highest BCUT2D eigenvalue weighted by Gasteiger charge is 2.58. The molecule has 10 fully saturated rings. The molecule has 3 saturated heterocycles. The van der Waals surface area contributed by atoms with E-state index in [1.54, 1.807) is 0 Å². The van der Waals surface area contributed by atoms with E-state index in [4.69, 9.17) is 9.47 Å². The van der Waals surface area contributed by atoms with Gasteiger partial charge < -0.3 is 9.47 Å². The van der Waals surface area contributed by atoms with Crippen LogP contribution in [0.3, 0.4) is 0 Å². The van der Waals surface area contributed by atoms with Gasteiger partial charge in [0.15, 0.2) is 0 Å². The summed E-state index contributed by atoms with van der Waals surface area (Å²) < 4.78 is 14.3. The van der Waals surface area contributed by atoms with Crippen LogP contribution in [0, 0.1) is 65.1 Å². The summed E-state index contributed by atoms with van der Waals surface area (Å²) in [6, 6.07) is 0. The van der Waals surface area contributed by atoms with E-state index in [1.807, 2.05) is 0 Å². The van der Waals surface area contributed by atoms with Crippen LogP contribution in [-0.2, 0) is 9.47 Å². The minimum Gasteiger partial charge on any atom is -0.374 e. The molecule has 3 heterocycles. The highest BCUT2D eigenvalue weighted by atomic mass is 16.5.